The van der Waals surface area contributed by atoms with Crippen molar-refractivity contribution < 1.29 is 0 Å². The molecule has 0 aliphatic heterocycles. The van der Waals surface area contributed by atoms with Crippen LogP contribution in [-0.4, -0.2) is 22.4 Å². The lowest BCUT2D eigenvalue weighted by Gasteiger charge is -2.14. The van der Waals surface area contributed by atoms with Gasteiger partial charge in [0.25, 0.3) is 0 Å². The van der Waals surface area contributed by atoms with Crippen LogP contribution in [0.3, 0.4) is 0 Å². The van der Waals surface area contributed by atoms with Gasteiger partial charge in [0.1, 0.15) is 0 Å². The Bertz CT molecular complexity index is 221. The van der Waals surface area contributed by atoms with Gasteiger partial charge < -0.3 is 4.90 Å². The van der Waals surface area contributed by atoms with Crippen LogP contribution >= 0.6 is 34.1 Å². The lowest BCUT2D eigenvalue weighted by Crippen LogP contribution is -2.22. The van der Waals surface area contributed by atoms with Gasteiger partial charge >= 0.3 is 0 Å². The Morgan fingerprint density at radius 3 is 2.45 bits per heavy atom. The third-order valence-electron chi connectivity index (χ3n) is 1.44. The number of halogens is 1. The Morgan fingerprint density at radius 2 is 2.09 bits per heavy atom. The molecule has 0 aliphatic rings. The van der Waals surface area contributed by atoms with Crippen molar-refractivity contribution in [2.24, 2.45) is 0 Å². The second kappa shape index (κ2) is 4.20. The van der Waals surface area contributed by atoms with Crippen LogP contribution in [0.1, 0.15) is 13.8 Å². The molecule has 0 saturated heterocycles. The van der Waals surface area contributed by atoms with E-state index in [1.54, 1.807) is 0 Å². The molecule has 0 N–H and O–H groups in total. The van der Waals surface area contributed by atoms with Crippen molar-refractivity contribution in [1.29, 1.82) is 0 Å². The molecular weight excluding hydrogens is 273 g/mol. The van der Waals surface area contributed by atoms with E-state index in [4.69, 9.17) is 0 Å². The highest BCUT2D eigenvalue weighted by Gasteiger charge is 2.06. The predicted molar refractivity (Wildman–Crippen MR) is 56.2 cm³/mol. The van der Waals surface area contributed by atoms with Gasteiger partial charge in [-0.05, 0) is 48.0 Å². The quantitative estimate of drug-likeness (QED) is 0.794. The average Bonchev–Trinajstić information content (AvgIpc) is 2.39. The first-order valence-corrected chi connectivity index (χ1v) is 5.37. The van der Waals surface area contributed by atoms with Crippen LogP contribution in [-0.2, 0) is 0 Å². The Kier molecular flexibility index (Phi) is 3.50. The smallest absolute Gasteiger partial charge is 0.238 e. The minimum Gasteiger partial charge on any atom is -0.341 e. The highest BCUT2D eigenvalue weighted by Crippen LogP contribution is 2.14. The Balaban J connectivity index is 2.73. The lowest BCUT2D eigenvalue weighted by atomic mass is 10.5. The molecule has 0 unspecified atom stereocenters. The van der Waals surface area contributed by atoms with E-state index >= 15 is 0 Å². The van der Waals surface area contributed by atoms with Gasteiger partial charge in [-0.15, -0.1) is 0 Å². The van der Waals surface area contributed by atoms with Gasteiger partial charge in [-0.3, -0.25) is 0 Å². The first-order valence-electron chi connectivity index (χ1n) is 3.52. The summed E-state index contributed by atoms with van der Waals surface area (Å²) in [7, 11) is 0. The maximum absolute atomic E-state index is 4.27. The van der Waals surface area contributed by atoms with Gasteiger partial charge in [-0.1, -0.05) is 0 Å². The molecule has 1 rings (SSSR count). The van der Waals surface area contributed by atoms with Crippen LogP contribution in [0.5, 0.6) is 0 Å². The molecular formula is C6H10IN3S. The zero-order chi connectivity index (χ0) is 8.27. The monoisotopic (exact) mass is 283 g/mol. The summed E-state index contributed by atoms with van der Waals surface area (Å²) < 4.78 is 5.21. The summed E-state index contributed by atoms with van der Waals surface area (Å²) in [6.07, 6.45) is 0. The summed E-state index contributed by atoms with van der Waals surface area (Å²) in [6.45, 7) is 6.17. The Hall–Kier alpha value is 0.0900. The summed E-state index contributed by atoms with van der Waals surface area (Å²) in [5, 5.41) is 0. The first kappa shape index (κ1) is 9.18. The molecule has 0 spiro atoms. The molecule has 0 radical (unpaired) electrons. The second-order valence-corrected chi connectivity index (χ2v) is 4.53. The average molecular weight is 283 g/mol. The molecule has 11 heavy (non-hydrogen) atoms. The molecule has 0 amide bonds. The molecule has 5 heteroatoms. The van der Waals surface area contributed by atoms with Crippen molar-refractivity contribution in [3.63, 3.8) is 0 Å². The van der Waals surface area contributed by atoms with Crippen LogP contribution in [0.4, 0.5) is 5.95 Å². The highest BCUT2D eigenvalue weighted by molar-refractivity contribution is 14.1. The first-order chi connectivity index (χ1) is 5.27. The minimum atomic E-state index is 0.865. The maximum Gasteiger partial charge on any atom is 0.238 e. The number of hydrogen-bond donors (Lipinski definition) is 0. The van der Waals surface area contributed by atoms with Crippen molar-refractivity contribution in [2.45, 2.75) is 13.8 Å². The van der Waals surface area contributed by atoms with E-state index in [0.29, 0.717) is 0 Å². The summed E-state index contributed by atoms with van der Waals surface area (Å²) in [6, 6.07) is 0. The summed E-state index contributed by atoms with van der Waals surface area (Å²) in [5.74, 6) is 0.865. The molecule has 0 aromatic carbocycles. The number of hydrogen-bond acceptors (Lipinski definition) is 4. The second-order valence-electron chi connectivity index (χ2n) is 2.02. The van der Waals surface area contributed by atoms with Gasteiger partial charge in [-0.25, -0.2) is 0 Å². The van der Waals surface area contributed by atoms with E-state index in [1.807, 2.05) is 0 Å². The van der Waals surface area contributed by atoms with Crippen LogP contribution in [0.25, 0.3) is 0 Å². The van der Waals surface area contributed by atoms with Crippen LogP contribution in [0.15, 0.2) is 0 Å². The Labute approximate surface area is 84.1 Å². The molecule has 0 atom stereocenters. The maximum atomic E-state index is 4.27. The van der Waals surface area contributed by atoms with Gasteiger partial charge in [0, 0.05) is 13.1 Å². The van der Waals surface area contributed by atoms with Gasteiger partial charge in [-0.2, -0.15) is 9.36 Å². The van der Waals surface area contributed by atoms with E-state index in [9.17, 15) is 0 Å². The van der Waals surface area contributed by atoms with Gasteiger partial charge in [0.05, 0.1) is 0 Å². The zero-order valence-electron chi connectivity index (χ0n) is 6.54. The van der Waals surface area contributed by atoms with Crippen molar-refractivity contribution in [3.8, 4) is 0 Å². The van der Waals surface area contributed by atoms with E-state index in [0.717, 1.165) is 22.1 Å². The molecule has 1 heterocycles. The normalized spacial score (nSPS) is 10.1. The van der Waals surface area contributed by atoms with Crippen molar-refractivity contribution in [2.75, 3.05) is 18.0 Å². The number of anilines is 1. The summed E-state index contributed by atoms with van der Waals surface area (Å²) in [4.78, 5) is 6.41. The van der Waals surface area contributed by atoms with E-state index in [-0.39, 0.29) is 0 Å². The molecule has 62 valence electrons. The minimum absolute atomic E-state index is 0.865. The van der Waals surface area contributed by atoms with E-state index in [2.05, 4.69) is 50.7 Å². The largest absolute Gasteiger partial charge is 0.341 e. The van der Waals surface area contributed by atoms with E-state index in [1.165, 1.54) is 11.5 Å². The van der Waals surface area contributed by atoms with Crippen LogP contribution in [0, 0.1) is 3.01 Å². The summed E-state index contributed by atoms with van der Waals surface area (Å²) in [5.41, 5.74) is 0. The SMILES string of the molecule is CCN(CC)c1nsc(I)n1. The molecule has 0 fully saturated rings. The third-order valence-corrected chi connectivity index (χ3v) is 2.77. The van der Waals surface area contributed by atoms with E-state index < -0.39 is 0 Å². The van der Waals surface area contributed by atoms with Crippen molar-refractivity contribution in [1.82, 2.24) is 9.36 Å². The fourth-order valence-corrected chi connectivity index (χ4v) is 1.78. The molecule has 1 aromatic rings. The molecule has 0 aliphatic carbocycles. The fourth-order valence-electron chi connectivity index (χ4n) is 0.833. The van der Waals surface area contributed by atoms with Crippen molar-refractivity contribution in [3.05, 3.63) is 3.01 Å². The van der Waals surface area contributed by atoms with Crippen LogP contribution < -0.4 is 4.90 Å². The third kappa shape index (κ3) is 2.26. The topological polar surface area (TPSA) is 29.0 Å². The number of nitrogens with zero attached hydrogens (tertiary/aromatic N) is 3. The standard InChI is InChI=1S/C6H10IN3S/c1-3-10(4-2)6-8-5(7)11-9-6/h3-4H2,1-2H3. The molecule has 0 bridgehead atoms. The molecule has 0 saturated carbocycles. The Morgan fingerprint density at radius 1 is 1.45 bits per heavy atom. The highest BCUT2D eigenvalue weighted by atomic mass is 127. The predicted octanol–water partition coefficient (Wildman–Crippen LogP) is 1.99. The fraction of sp³-hybridized carbons (Fsp3) is 0.667. The summed E-state index contributed by atoms with van der Waals surface area (Å²) >= 11 is 3.63. The van der Waals surface area contributed by atoms with Crippen LogP contribution in [0.2, 0.25) is 0 Å². The zero-order valence-corrected chi connectivity index (χ0v) is 9.52. The van der Waals surface area contributed by atoms with Gasteiger partial charge in [0.15, 0.2) is 3.01 Å². The number of rotatable bonds is 3. The van der Waals surface area contributed by atoms with Gasteiger partial charge in [0.2, 0.25) is 5.95 Å². The van der Waals surface area contributed by atoms with Crippen molar-refractivity contribution >= 4 is 40.1 Å². The molecule has 1 aromatic heterocycles. The number of aromatic nitrogens is 2. The lowest BCUT2D eigenvalue weighted by molar-refractivity contribution is 0.833. The molecule has 3 nitrogen and oxygen atoms in total.